The molecule has 19 heavy (non-hydrogen) atoms. The van der Waals surface area contributed by atoms with E-state index in [4.69, 9.17) is 11.6 Å². The zero-order chi connectivity index (χ0) is 14.0. The van der Waals surface area contributed by atoms with Gasteiger partial charge in [0.05, 0.1) is 10.7 Å². The van der Waals surface area contributed by atoms with Crippen molar-refractivity contribution in [3.63, 3.8) is 0 Å². The van der Waals surface area contributed by atoms with Crippen molar-refractivity contribution < 1.29 is 4.79 Å². The van der Waals surface area contributed by atoms with Crippen LogP contribution < -0.4 is 0 Å². The number of hydrogen-bond donors (Lipinski definition) is 0. The lowest BCUT2D eigenvalue weighted by Gasteiger charge is -1.95. The van der Waals surface area contributed by atoms with Crippen molar-refractivity contribution in [2.45, 2.75) is 20.4 Å². The molecule has 100 valence electrons. The molecule has 0 N–H and O–H groups in total. The fourth-order valence-corrected chi connectivity index (χ4v) is 1.98. The number of carbonyl (C=O) groups is 1. The molecule has 0 radical (unpaired) electrons. The van der Waals surface area contributed by atoms with Crippen molar-refractivity contribution in [1.29, 1.82) is 0 Å². The zero-order valence-electron chi connectivity index (χ0n) is 11.1. The average molecular weight is 279 g/mol. The largest absolute Gasteiger partial charge is 0.288 e. The van der Waals surface area contributed by atoms with E-state index in [1.807, 2.05) is 13.8 Å². The highest BCUT2D eigenvalue weighted by Gasteiger charge is 2.09. The van der Waals surface area contributed by atoms with Crippen LogP contribution in [0.5, 0.6) is 0 Å². The van der Waals surface area contributed by atoms with Gasteiger partial charge in [0.1, 0.15) is 11.4 Å². The van der Waals surface area contributed by atoms with Crippen molar-refractivity contribution in [3.05, 3.63) is 40.4 Å². The molecule has 0 saturated carbocycles. The van der Waals surface area contributed by atoms with Crippen LogP contribution in [0.15, 0.2) is 18.3 Å². The monoisotopic (exact) mass is 278 g/mol. The fourth-order valence-electron chi connectivity index (χ4n) is 1.77. The standard InChI is InChI=1S/C13H15ClN4O/c1-4-18-8-10(14)11(16-18)5-6-13(19)12-7-9(2)15-17(12)3/h5-8H,4H2,1-3H3/b6-5+. The Morgan fingerprint density at radius 3 is 2.74 bits per heavy atom. The first-order valence-corrected chi connectivity index (χ1v) is 6.35. The van der Waals surface area contributed by atoms with Gasteiger partial charge in [-0.05, 0) is 32.1 Å². The maximum absolute atomic E-state index is 12.0. The lowest BCUT2D eigenvalue weighted by atomic mass is 10.2. The molecular formula is C13H15ClN4O. The van der Waals surface area contributed by atoms with Gasteiger partial charge in [-0.1, -0.05) is 11.6 Å². The molecule has 0 aliphatic carbocycles. The minimum absolute atomic E-state index is 0.120. The summed E-state index contributed by atoms with van der Waals surface area (Å²) in [4.78, 5) is 12.0. The van der Waals surface area contributed by atoms with E-state index in [0.717, 1.165) is 12.2 Å². The summed E-state index contributed by atoms with van der Waals surface area (Å²) in [6.07, 6.45) is 4.82. The second kappa shape index (κ2) is 5.40. The predicted molar refractivity (Wildman–Crippen MR) is 74.2 cm³/mol. The van der Waals surface area contributed by atoms with E-state index in [1.165, 1.54) is 6.08 Å². The molecule has 0 unspecified atom stereocenters. The van der Waals surface area contributed by atoms with E-state index < -0.39 is 0 Å². The van der Waals surface area contributed by atoms with Crippen molar-refractivity contribution >= 4 is 23.5 Å². The molecule has 2 aromatic heterocycles. The van der Waals surface area contributed by atoms with E-state index in [2.05, 4.69) is 10.2 Å². The van der Waals surface area contributed by atoms with Crippen molar-refractivity contribution in [3.8, 4) is 0 Å². The van der Waals surface area contributed by atoms with E-state index >= 15 is 0 Å². The number of rotatable bonds is 4. The second-order valence-corrected chi connectivity index (χ2v) is 4.62. The van der Waals surface area contributed by atoms with Crippen LogP contribution >= 0.6 is 11.6 Å². The predicted octanol–water partition coefficient (Wildman–Crippen LogP) is 2.49. The smallest absolute Gasteiger partial charge is 0.203 e. The number of ketones is 1. The summed E-state index contributed by atoms with van der Waals surface area (Å²) < 4.78 is 3.29. The minimum Gasteiger partial charge on any atom is -0.288 e. The molecular weight excluding hydrogens is 264 g/mol. The highest BCUT2D eigenvalue weighted by molar-refractivity contribution is 6.31. The van der Waals surface area contributed by atoms with Crippen LogP contribution in [-0.2, 0) is 13.6 Å². The highest BCUT2D eigenvalue weighted by atomic mass is 35.5. The summed E-state index contributed by atoms with van der Waals surface area (Å²) in [5.41, 5.74) is 1.95. The molecule has 2 heterocycles. The molecule has 0 aliphatic heterocycles. The molecule has 0 saturated heterocycles. The van der Waals surface area contributed by atoms with Crippen LogP contribution in [0.25, 0.3) is 6.08 Å². The van der Waals surface area contributed by atoms with Gasteiger partial charge in [-0.15, -0.1) is 0 Å². The summed E-state index contributed by atoms with van der Waals surface area (Å²) in [5, 5.41) is 8.92. The van der Waals surface area contributed by atoms with Crippen molar-refractivity contribution in [2.75, 3.05) is 0 Å². The first kappa shape index (κ1) is 13.5. The molecule has 2 rings (SSSR count). The maximum atomic E-state index is 12.0. The third-order valence-corrected chi connectivity index (χ3v) is 3.01. The first-order valence-electron chi connectivity index (χ1n) is 5.97. The molecule has 0 fully saturated rings. The Morgan fingerprint density at radius 1 is 1.47 bits per heavy atom. The van der Waals surface area contributed by atoms with E-state index in [1.54, 1.807) is 34.8 Å². The third kappa shape index (κ3) is 2.93. The molecule has 0 aromatic carbocycles. The van der Waals surface area contributed by atoms with Crippen LogP contribution in [0, 0.1) is 6.92 Å². The number of aryl methyl sites for hydroxylation is 3. The summed E-state index contributed by atoms with van der Waals surface area (Å²) >= 11 is 6.03. The van der Waals surface area contributed by atoms with Gasteiger partial charge < -0.3 is 0 Å². The topological polar surface area (TPSA) is 52.7 Å². The number of nitrogens with zero attached hydrogens (tertiary/aromatic N) is 4. The summed E-state index contributed by atoms with van der Waals surface area (Å²) in [5.74, 6) is -0.120. The summed E-state index contributed by atoms with van der Waals surface area (Å²) in [6, 6.07) is 1.75. The van der Waals surface area contributed by atoms with Gasteiger partial charge in [0.15, 0.2) is 0 Å². The minimum atomic E-state index is -0.120. The molecule has 0 spiro atoms. The van der Waals surface area contributed by atoms with Gasteiger partial charge in [-0.3, -0.25) is 14.2 Å². The van der Waals surface area contributed by atoms with Gasteiger partial charge in [0.2, 0.25) is 5.78 Å². The molecule has 0 atom stereocenters. The quantitative estimate of drug-likeness (QED) is 0.638. The normalized spacial score (nSPS) is 11.4. The molecule has 0 aliphatic rings. The van der Waals surface area contributed by atoms with E-state index in [9.17, 15) is 4.79 Å². The van der Waals surface area contributed by atoms with E-state index in [0.29, 0.717) is 16.4 Å². The fraction of sp³-hybridized carbons (Fsp3) is 0.308. The van der Waals surface area contributed by atoms with E-state index in [-0.39, 0.29) is 5.78 Å². The van der Waals surface area contributed by atoms with Crippen LogP contribution in [0.1, 0.15) is 28.8 Å². The number of hydrogen-bond acceptors (Lipinski definition) is 3. The third-order valence-electron chi connectivity index (χ3n) is 2.71. The number of carbonyl (C=O) groups excluding carboxylic acids is 1. The Morgan fingerprint density at radius 2 is 2.21 bits per heavy atom. The lowest BCUT2D eigenvalue weighted by Crippen LogP contribution is -2.03. The van der Waals surface area contributed by atoms with Crippen LogP contribution in [0.2, 0.25) is 5.02 Å². The highest BCUT2D eigenvalue weighted by Crippen LogP contribution is 2.15. The number of allylic oxidation sites excluding steroid dienone is 1. The Kier molecular flexibility index (Phi) is 3.85. The average Bonchev–Trinajstić information content (AvgIpc) is 2.89. The Labute approximate surface area is 116 Å². The summed E-state index contributed by atoms with van der Waals surface area (Å²) in [7, 11) is 1.74. The molecule has 0 amide bonds. The molecule has 5 nitrogen and oxygen atoms in total. The lowest BCUT2D eigenvalue weighted by molar-refractivity contribution is 0.103. The SMILES string of the molecule is CCn1cc(Cl)c(/C=C/C(=O)c2cc(C)nn2C)n1. The van der Waals surface area contributed by atoms with Gasteiger partial charge in [0.25, 0.3) is 0 Å². The van der Waals surface area contributed by atoms with Gasteiger partial charge in [-0.25, -0.2) is 0 Å². The van der Waals surface area contributed by atoms with Crippen molar-refractivity contribution in [2.24, 2.45) is 7.05 Å². The van der Waals surface area contributed by atoms with Crippen molar-refractivity contribution in [1.82, 2.24) is 19.6 Å². The maximum Gasteiger partial charge on any atom is 0.203 e. The van der Waals surface area contributed by atoms with Gasteiger partial charge in [-0.2, -0.15) is 10.2 Å². The molecule has 0 bridgehead atoms. The molecule has 2 aromatic rings. The Bertz CT molecular complexity index is 639. The Hall–Kier alpha value is -1.88. The number of halogens is 1. The Balaban J connectivity index is 2.20. The first-order chi connectivity index (χ1) is 9.01. The zero-order valence-corrected chi connectivity index (χ0v) is 11.8. The van der Waals surface area contributed by atoms with Gasteiger partial charge >= 0.3 is 0 Å². The number of aromatic nitrogens is 4. The second-order valence-electron chi connectivity index (χ2n) is 4.21. The van der Waals surface area contributed by atoms with Gasteiger partial charge in [0, 0.05) is 19.8 Å². The van der Waals surface area contributed by atoms with Crippen LogP contribution in [0.3, 0.4) is 0 Å². The molecule has 6 heteroatoms. The van der Waals surface area contributed by atoms with Crippen LogP contribution in [-0.4, -0.2) is 25.3 Å². The summed E-state index contributed by atoms with van der Waals surface area (Å²) in [6.45, 7) is 4.56. The van der Waals surface area contributed by atoms with Crippen LogP contribution in [0.4, 0.5) is 0 Å².